The number of halogens is 1. The van der Waals surface area contributed by atoms with E-state index >= 15 is 0 Å². The van der Waals surface area contributed by atoms with Gasteiger partial charge < -0.3 is 10.6 Å². The van der Waals surface area contributed by atoms with Gasteiger partial charge in [-0.25, -0.2) is 4.39 Å². The zero-order valence-corrected chi connectivity index (χ0v) is 16.1. The smallest absolute Gasteiger partial charge is 0.191 e. The number of hydrogen-bond acceptors (Lipinski definition) is 2. The van der Waals surface area contributed by atoms with Crippen molar-refractivity contribution in [3.05, 3.63) is 35.6 Å². The molecule has 3 atom stereocenters. The van der Waals surface area contributed by atoms with Crippen LogP contribution in [0.1, 0.15) is 44.6 Å². The quantitative estimate of drug-likeness (QED) is 0.442. The third-order valence-corrected chi connectivity index (χ3v) is 6.41. The molecular formula is C19H30FN3OS. The third-order valence-electron chi connectivity index (χ3n) is 4.67. The fourth-order valence-electron chi connectivity index (χ4n) is 3.33. The first-order valence-corrected chi connectivity index (χ1v) is 10.6. The summed E-state index contributed by atoms with van der Waals surface area (Å²) in [4.78, 5) is 4.29. The number of nitrogens with zero attached hydrogens (tertiary/aromatic N) is 1. The monoisotopic (exact) mass is 367 g/mol. The van der Waals surface area contributed by atoms with Crippen LogP contribution in [0.3, 0.4) is 0 Å². The van der Waals surface area contributed by atoms with Gasteiger partial charge in [-0.1, -0.05) is 25.5 Å². The Balaban J connectivity index is 1.72. The summed E-state index contributed by atoms with van der Waals surface area (Å²) in [5.74, 6) is 1.36. The van der Waals surface area contributed by atoms with E-state index < -0.39 is 10.8 Å². The van der Waals surface area contributed by atoms with E-state index in [1.54, 1.807) is 19.2 Å². The highest BCUT2D eigenvalue weighted by Crippen LogP contribution is 2.22. The van der Waals surface area contributed by atoms with Gasteiger partial charge in [0.15, 0.2) is 5.96 Å². The lowest BCUT2D eigenvalue weighted by Crippen LogP contribution is -2.46. The van der Waals surface area contributed by atoms with Gasteiger partial charge in [0.1, 0.15) is 5.82 Å². The highest BCUT2D eigenvalue weighted by Gasteiger charge is 2.25. The normalized spacial score (nSPS) is 22.4. The first kappa shape index (κ1) is 19.9. The Labute approximate surface area is 153 Å². The van der Waals surface area contributed by atoms with Gasteiger partial charge in [0, 0.05) is 41.4 Å². The Morgan fingerprint density at radius 2 is 2.24 bits per heavy atom. The minimum atomic E-state index is -0.712. The largest absolute Gasteiger partial charge is 0.356 e. The van der Waals surface area contributed by atoms with Gasteiger partial charge in [0.2, 0.25) is 0 Å². The molecule has 1 aliphatic carbocycles. The second kappa shape index (κ2) is 10.5. The average molecular weight is 368 g/mol. The summed E-state index contributed by atoms with van der Waals surface area (Å²) in [5.41, 5.74) is 1.02. The molecule has 0 aliphatic heterocycles. The molecule has 0 amide bonds. The molecule has 1 aliphatic rings. The standard InChI is InChI=1S/C19H30FN3OS/c1-3-25(24)18-11-5-10-17(14-18)23-19(21-2)22-12-6-8-15-7-4-9-16(20)13-15/h4,7,9,13,17-18H,3,5-6,8,10-12,14H2,1-2H3,(H2,21,22,23). The summed E-state index contributed by atoms with van der Waals surface area (Å²) in [5, 5.41) is 7.10. The first-order valence-electron chi connectivity index (χ1n) is 9.21. The molecule has 25 heavy (non-hydrogen) atoms. The summed E-state index contributed by atoms with van der Waals surface area (Å²) in [7, 11) is 1.06. The van der Waals surface area contributed by atoms with E-state index in [9.17, 15) is 8.60 Å². The van der Waals surface area contributed by atoms with E-state index in [4.69, 9.17) is 0 Å². The van der Waals surface area contributed by atoms with Crippen molar-refractivity contribution in [2.75, 3.05) is 19.3 Å². The molecular weight excluding hydrogens is 337 g/mol. The van der Waals surface area contributed by atoms with Crippen molar-refractivity contribution in [1.82, 2.24) is 10.6 Å². The van der Waals surface area contributed by atoms with Gasteiger partial charge >= 0.3 is 0 Å². The molecule has 1 aromatic carbocycles. The van der Waals surface area contributed by atoms with Crippen molar-refractivity contribution in [2.45, 2.75) is 56.7 Å². The second-order valence-corrected chi connectivity index (χ2v) is 8.54. The summed E-state index contributed by atoms with van der Waals surface area (Å²) in [6.45, 7) is 2.78. The van der Waals surface area contributed by atoms with Gasteiger partial charge in [-0.2, -0.15) is 0 Å². The Hall–Kier alpha value is -1.43. The lowest BCUT2D eigenvalue weighted by atomic mass is 9.95. The van der Waals surface area contributed by atoms with Gasteiger partial charge in [0.05, 0.1) is 0 Å². The predicted molar refractivity (Wildman–Crippen MR) is 104 cm³/mol. The zero-order chi connectivity index (χ0) is 18.1. The minimum Gasteiger partial charge on any atom is -0.356 e. The zero-order valence-electron chi connectivity index (χ0n) is 15.3. The Morgan fingerprint density at radius 1 is 1.40 bits per heavy atom. The highest BCUT2D eigenvalue weighted by molar-refractivity contribution is 7.85. The Morgan fingerprint density at radius 3 is 2.96 bits per heavy atom. The third kappa shape index (κ3) is 6.77. The van der Waals surface area contributed by atoms with Crippen LogP contribution in [0.25, 0.3) is 0 Å². The SMILES string of the molecule is CCS(=O)C1CCCC(NC(=NC)NCCCc2cccc(F)c2)C1. The summed E-state index contributed by atoms with van der Waals surface area (Å²) < 4.78 is 25.2. The topological polar surface area (TPSA) is 53.5 Å². The first-order chi connectivity index (χ1) is 12.1. The molecule has 3 unspecified atom stereocenters. The molecule has 1 aromatic rings. The second-order valence-electron chi connectivity index (χ2n) is 6.53. The molecule has 0 bridgehead atoms. The lowest BCUT2D eigenvalue weighted by Gasteiger charge is -2.30. The molecule has 6 heteroatoms. The number of rotatable bonds is 7. The van der Waals surface area contributed by atoms with Crippen LogP contribution in [-0.4, -0.2) is 40.8 Å². The molecule has 1 fully saturated rings. The van der Waals surface area contributed by atoms with E-state index in [0.717, 1.165) is 62.3 Å². The van der Waals surface area contributed by atoms with Gasteiger partial charge in [-0.05, 0) is 49.8 Å². The number of aliphatic imine (C=N–C) groups is 1. The van der Waals surface area contributed by atoms with Crippen molar-refractivity contribution in [3.63, 3.8) is 0 Å². The fourth-order valence-corrected chi connectivity index (χ4v) is 4.68. The van der Waals surface area contributed by atoms with Crippen LogP contribution in [0.5, 0.6) is 0 Å². The van der Waals surface area contributed by atoms with E-state index in [0.29, 0.717) is 11.3 Å². The van der Waals surface area contributed by atoms with Crippen molar-refractivity contribution >= 4 is 16.8 Å². The molecule has 0 aromatic heterocycles. The van der Waals surface area contributed by atoms with Gasteiger partial charge in [0.25, 0.3) is 0 Å². The van der Waals surface area contributed by atoms with Crippen LogP contribution in [-0.2, 0) is 17.2 Å². The maximum atomic E-state index is 13.2. The van der Waals surface area contributed by atoms with Crippen molar-refractivity contribution in [2.24, 2.45) is 4.99 Å². The maximum absolute atomic E-state index is 13.2. The number of hydrogen-bond donors (Lipinski definition) is 2. The van der Waals surface area contributed by atoms with Crippen LogP contribution in [0.4, 0.5) is 4.39 Å². The number of benzene rings is 1. The van der Waals surface area contributed by atoms with Crippen LogP contribution >= 0.6 is 0 Å². The van der Waals surface area contributed by atoms with Crippen LogP contribution in [0.2, 0.25) is 0 Å². The van der Waals surface area contributed by atoms with Crippen molar-refractivity contribution in [1.29, 1.82) is 0 Å². The van der Waals surface area contributed by atoms with E-state index in [2.05, 4.69) is 15.6 Å². The Kier molecular flexibility index (Phi) is 8.38. The molecule has 1 saturated carbocycles. The number of guanidine groups is 1. The van der Waals surface area contributed by atoms with E-state index in [1.165, 1.54) is 6.07 Å². The van der Waals surface area contributed by atoms with E-state index in [-0.39, 0.29) is 5.82 Å². The van der Waals surface area contributed by atoms with Gasteiger partial charge in [-0.15, -0.1) is 0 Å². The number of nitrogens with one attached hydrogen (secondary N) is 2. The molecule has 0 saturated heterocycles. The molecule has 4 nitrogen and oxygen atoms in total. The average Bonchev–Trinajstić information content (AvgIpc) is 2.63. The highest BCUT2D eigenvalue weighted by atomic mass is 32.2. The molecule has 0 heterocycles. The summed E-state index contributed by atoms with van der Waals surface area (Å²) in [6.07, 6.45) is 5.98. The fraction of sp³-hybridized carbons (Fsp3) is 0.632. The van der Waals surface area contributed by atoms with Crippen molar-refractivity contribution in [3.8, 4) is 0 Å². The van der Waals surface area contributed by atoms with Gasteiger partial charge in [-0.3, -0.25) is 9.20 Å². The Bertz CT molecular complexity index is 594. The predicted octanol–water partition coefficient (Wildman–Crippen LogP) is 3.00. The van der Waals surface area contributed by atoms with Crippen molar-refractivity contribution < 1.29 is 8.60 Å². The molecule has 140 valence electrons. The van der Waals surface area contributed by atoms with Crippen LogP contribution in [0, 0.1) is 5.82 Å². The lowest BCUT2D eigenvalue weighted by molar-refractivity contribution is 0.413. The molecule has 0 spiro atoms. The minimum absolute atomic E-state index is 0.181. The number of aryl methyl sites for hydroxylation is 1. The van der Waals surface area contributed by atoms with E-state index in [1.807, 2.05) is 13.0 Å². The van der Waals surface area contributed by atoms with Crippen LogP contribution in [0.15, 0.2) is 29.3 Å². The molecule has 2 N–H and O–H groups in total. The summed E-state index contributed by atoms with van der Waals surface area (Å²) in [6, 6.07) is 7.09. The molecule has 2 rings (SSSR count). The summed E-state index contributed by atoms with van der Waals surface area (Å²) >= 11 is 0. The maximum Gasteiger partial charge on any atom is 0.191 e. The van der Waals surface area contributed by atoms with Crippen LogP contribution < -0.4 is 10.6 Å². The molecule has 0 radical (unpaired) electrons.